The maximum absolute atomic E-state index is 12.1. The Balaban J connectivity index is 1.97. The molecule has 0 spiro atoms. The molecule has 5 nitrogen and oxygen atoms in total. The first-order valence-corrected chi connectivity index (χ1v) is 6.63. The van der Waals surface area contributed by atoms with Crippen molar-refractivity contribution in [3.05, 3.63) is 48.2 Å². The van der Waals surface area contributed by atoms with Gasteiger partial charge in [0.2, 0.25) is 0 Å². The van der Waals surface area contributed by atoms with Crippen molar-refractivity contribution >= 4 is 11.7 Å². The van der Waals surface area contributed by atoms with E-state index in [9.17, 15) is 4.79 Å². The number of nitrogens with zero attached hydrogens (tertiary/aromatic N) is 1. The molecule has 1 heterocycles. The number of hydrogen-bond acceptors (Lipinski definition) is 4. The van der Waals surface area contributed by atoms with Crippen molar-refractivity contribution in [2.75, 3.05) is 12.4 Å². The van der Waals surface area contributed by atoms with Gasteiger partial charge < -0.3 is 14.8 Å². The number of pyridine rings is 1. The predicted octanol–water partition coefficient (Wildman–Crippen LogP) is 2.80. The summed E-state index contributed by atoms with van der Waals surface area (Å²) in [6, 6.07) is 10.8. The van der Waals surface area contributed by atoms with E-state index in [1.807, 2.05) is 19.1 Å². The average molecular weight is 286 g/mol. The van der Waals surface area contributed by atoms with Gasteiger partial charge >= 0.3 is 0 Å². The van der Waals surface area contributed by atoms with Gasteiger partial charge in [0.05, 0.1) is 7.11 Å². The van der Waals surface area contributed by atoms with Crippen LogP contribution in [0.2, 0.25) is 0 Å². The molecule has 2 aromatic rings. The van der Waals surface area contributed by atoms with Gasteiger partial charge in [-0.1, -0.05) is 6.07 Å². The highest BCUT2D eigenvalue weighted by atomic mass is 16.5. The smallest absolute Gasteiger partial charge is 0.266 e. The number of carbonyl (C=O) groups is 1. The van der Waals surface area contributed by atoms with Crippen molar-refractivity contribution in [1.82, 2.24) is 4.98 Å². The Hall–Kier alpha value is -2.56. The third-order valence-corrected chi connectivity index (χ3v) is 2.99. The Morgan fingerprint density at radius 1 is 1.19 bits per heavy atom. The van der Waals surface area contributed by atoms with E-state index in [-0.39, 0.29) is 5.91 Å². The molecule has 1 N–H and O–H groups in total. The molecule has 1 atom stereocenters. The summed E-state index contributed by atoms with van der Waals surface area (Å²) in [5, 5.41) is 2.75. The Kier molecular flexibility index (Phi) is 4.77. The Morgan fingerprint density at radius 2 is 1.86 bits per heavy atom. The number of ether oxygens (including phenoxy) is 2. The third-order valence-electron chi connectivity index (χ3n) is 2.99. The number of methoxy groups -OCH3 is 1. The van der Waals surface area contributed by atoms with Crippen LogP contribution in [0.4, 0.5) is 5.82 Å². The minimum atomic E-state index is -0.625. The first-order chi connectivity index (χ1) is 10.1. The molecule has 0 aliphatic carbocycles. The number of carbonyl (C=O) groups excluding carboxylic acids is 1. The fourth-order valence-corrected chi connectivity index (χ4v) is 1.75. The lowest BCUT2D eigenvalue weighted by Gasteiger charge is -2.15. The van der Waals surface area contributed by atoms with Gasteiger partial charge in [0.1, 0.15) is 17.3 Å². The fourth-order valence-electron chi connectivity index (χ4n) is 1.75. The van der Waals surface area contributed by atoms with Gasteiger partial charge in [0.25, 0.3) is 5.91 Å². The molecule has 5 heteroatoms. The highest BCUT2D eigenvalue weighted by Crippen LogP contribution is 2.18. The van der Waals surface area contributed by atoms with Gasteiger partial charge in [-0.3, -0.25) is 4.79 Å². The van der Waals surface area contributed by atoms with Gasteiger partial charge in [0.15, 0.2) is 6.10 Å². The molecule has 0 bridgehead atoms. The van der Waals surface area contributed by atoms with E-state index >= 15 is 0 Å². The monoisotopic (exact) mass is 286 g/mol. The van der Waals surface area contributed by atoms with E-state index in [2.05, 4.69) is 10.3 Å². The van der Waals surface area contributed by atoms with Gasteiger partial charge in [-0.2, -0.15) is 0 Å². The molecular formula is C16H18N2O3. The second kappa shape index (κ2) is 6.74. The topological polar surface area (TPSA) is 60.5 Å². The second-order valence-corrected chi connectivity index (χ2v) is 4.59. The molecule has 2 rings (SSSR count). The quantitative estimate of drug-likeness (QED) is 0.918. The van der Waals surface area contributed by atoms with Crippen LogP contribution in [0.5, 0.6) is 11.5 Å². The van der Waals surface area contributed by atoms with Crippen LogP contribution in [0, 0.1) is 6.92 Å². The van der Waals surface area contributed by atoms with Crippen molar-refractivity contribution in [2.45, 2.75) is 20.0 Å². The summed E-state index contributed by atoms with van der Waals surface area (Å²) in [6.45, 7) is 3.58. The van der Waals surface area contributed by atoms with Crippen LogP contribution in [0.15, 0.2) is 42.6 Å². The lowest BCUT2D eigenvalue weighted by molar-refractivity contribution is -0.122. The largest absolute Gasteiger partial charge is 0.497 e. The highest BCUT2D eigenvalue weighted by molar-refractivity contribution is 5.93. The first-order valence-electron chi connectivity index (χ1n) is 6.63. The number of amides is 1. The second-order valence-electron chi connectivity index (χ2n) is 4.59. The zero-order valence-corrected chi connectivity index (χ0v) is 12.3. The number of aryl methyl sites for hydroxylation is 1. The summed E-state index contributed by atoms with van der Waals surface area (Å²) in [6.07, 6.45) is 1.01. The lowest BCUT2D eigenvalue weighted by atomic mass is 10.2. The summed E-state index contributed by atoms with van der Waals surface area (Å²) >= 11 is 0. The van der Waals surface area contributed by atoms with Crippen molar-refractivity contribution in [1.29, 1.82) is 0 Å². The van der Waals surface area contributed by atoms with E-state index in [1.54, 1.807) is 44.5 Å². The molecule has 0 radical (unpaired) electrons. The molecule has 0 fully saturated rings. The minimum Gasteiger partial charge on any atom is -0.497 e. The molecule has 1 unspecified atom stereocenters. The van der Waals surface area contributed by atoms with Crippen molar-refractivity contribution < 1.29 is 14.3 Å². The number of anilines is 1. The van der Waals surface area contributed by atoms with E-state index in [1.165, 1.54) is 0 Å². The van der Waals surface area contributed by atoms with Crippen LogP contribution in [-0.2, 0) is 4.79 Å². The van der Waals surface area contributed by atoms with Gasteiger partial charge in [-0.05, 0) is 49.7 Å². The van der Waals surface area contributed by atoms with Gasteiger partial charge in [0, 0.05) is 6.20 Å². The van der Waals surface area contributed by atoms with E-state index < -0.39 is 6.10 Å². The highest BCUT2D eigenvalue weighted by Gasteiger charge is 2.16. The molecule has 0 aliphatic heterocycles. The van der Waals surface area contributed by atoms with Crippen LogP contribution in [0.1, 0.15) is 12.5 Å². The van der Waals surface area contributed by atoms with Crippen molar-refractivity contribution in [2.24, 2.45) is 0 Å². The average Bonchev–Trinajstić information content (AvgIpc) is 2.50. The lowest BCUT2D eigenvalue weighted by Crippen LogP contribution is -2.30. The van der Waals surface area contributed by atoms with Crippen LogP contribution in [0.25, 0.3) is 0 Å². The van der Waals surface area contributed by atoms with Crippen LogP contribution < -0.4 is 14.8 Å². The molecule has 1 aromatic carbocycles. The molecule has 0 saturated carbocycles. The Labute approximate surface area is 123 Å². The molecule has 0 aliphatic rings. The van der Waals surface area contributed by atoms with E-state index in [0.717, 1.165) is 11.3 Å². The zero-order chi connectivity index (χ0) is 15.2. The summed E-state index contributed by atoms with van der Waals surface area (Å²) in [7, 11) is 1.60. The number of nitrogens with one attached hydrogen (secondary N) is 1. The molecular weight excluding hydrogens is 268 g/mol. The molecule has 0 saturated heterocycles. The third kappa shape index (κ3) is 3.95. The fraction of sp³-hybridized carbons (Fsp3) is 0.250. The van der Waals surface area contributed by atoms with Crippen LogP contribution in [0.3, 0.4) is 0 Å². The first kappa shape index (κ1) is 14.8. The van der Waals surface area contributed by atoms with E-state index in [4.69, 9.17) is 9.47 Å². The predicted molar refractivity (Wildman–Crippen MR) is 80.7 cm³/mol. The van der Waals surface area contributed by atoms with Gasteiger partial charge in [-0.15, -0.1) is 0 Å². The minimum absolute atomic E-state index is 0.243. The van der Waals surface area contributed by atoms with Gasteiger partial charge in [-0.25, -0.2) is 4.98 Å². The van der Waals surface area contributed by atoms with E-state index in [0.29, 0.717) is 11.6 Å². The van der Waals surface area contributed by atoms with Crippen LogP contribution in [-0.4, -0.2) is 24.1 Å². The number of benzene rings is 1. The molecule has 21 heavy (non-hydrogen) atoms. The molecule has 110 valence electrons. The maximum Gasteiger partial charge on any atom is 0.266 e. The summed E-state index contributed by atoms with van der Waals surface area (Å²) in [4.78, 5) is 16.2. The molecule has 1 aromatic heterocycles. The summed E-state index contributed by atoms with van der Waals surface area (Å²) < 4.78 is 10.7. The molecule has 1 amide bonds. The number of aromatic nitrogens is 1. The van der Waals surface area contributed by atoms with Crippen molar-refractivity contribution in [3.63, 3.8) is 0 Å². The normalized spacial score (nSPS) is 11.6. The maximum atomic E-state index is 12.1. The standard InChI is InChI=1S/C16H18N2O3/c1-11-5-4-10-17-15(11)18-16(19)12(2)21-14-8-6-13(20-3)7-9-14/h4-10,12H,1-3H3,(H,17,18,19). The number of hydrogen-bond donors (Lipinski definition) is 1. The SMILES string of the molecule is COc1ccc(OC(C)C(=O)Nc2ncccc2C)cc1. The summed E-state index contributed by atoms with van der Waals surface area (Å²) in [5.74, 6) is 1.65. The number of rotatable bonds is 5. The Morgan fingerprint density at radius 3 is 2.48 bits per heavy atom. The van der Waals surface area contributed by atoms with Crippen LogP contribution >= 0.6 is 0 Å². The summed E-state index contributed by atoms with van der Waals surface area (Å²) in [5.41, 5.74) is 0.905. The van der Waals surface area contributed by atoms with Crippen molar-refractivity contribution in [3.8, 4) is 11.5 Å². The Bertz CT molecular complexity index is 611. The zero-order valence-electron chi connectivity index (χ0n) is 12.3.